The van der Waals surface area contributed by atoms with Gasteiger partial charge in [-0.25, -0.2) is 4.79 Å². The monoisotopic (exact) mass is 1040 g/mol. The quantitative estimate of drug-likeness (QED) is 0.0861. The minimum Gasteiger partial charge on any atom is -0.459 e. The van der Waals surface area contributed by atoms with Gasteiger partial charge in [-0.05, 0) is 119 Å². The van der Waals surface area contributed by atoms with Crippen LogP contribution in [0.25, 0.3) is 0 Å². The van der Waals surface area contributed by atoms with Crippen LogP contribution >= 0.6 is 0 Å². The molecule has 1 aliphatic carbocycles. The Kier molecular flexibility index (Phi) is 24.0. The van der Waals surface area contributed by atoms with Gasteiger partial charge in [-0.1, -0.05) is 84.9 Å². The van der Waals surface area contributed by atoms with Crippen LogP contribution in [0.5, 0.6) is 0 Å². The molecule has 73 heavy (non-hydrogen) atoms. The minimum absolute atomic E-state index is 0.0231. The number of nitrogens with two attached hydrogens (primary N) is 1. The van der Waals surface area contributed by atoms with Crippen LogP contribution in [0.1, 0.15) is 139 Å². The van der Waals surface area contributed by atoms with Crippen LogP contribution < -0.4 is 5.73 Å². The van der Waals surface area contributed by atoms with Crippen molar-refractivity contribution in [2.45, 2.75) is 224 Å². The first-order valence-corrected chi connectivity index (χ1v) is 30.1. The average molecular weight is 1050 g/mol. The van der Waals surface area contributed by atoms with E-state index in [9.17, 15) is 29.4 Å². The van der Waals surface area contributed by atoms with Gasteiger partial charge >= 0.3 is 5.97 Å². The van der Waals surface area contributed by atoms with Crippen molar-refractivity contribution in [3.8, 4) is 0 Å². The van der Waals surface area contributed by atoms with Crippen molar-refractivity contribution in [3.63, 3.8) is 0 Å². The van der Waals surface area contributed by atoms with Gasteiger partial charge in [-0.2, -0.15) is 0 Å². The molecule has 0 aromatic rings. The Hall–Kier alpha value is -2.90. The molecule has 4 N–H and O–H groups in total. The van der Waals surface area contributed by atoms with Crippen molar-refractivity contribution in [3.05, 3.63) is 47.6 Å². The number of amides is 1. The summed E-state index contributed by atoms with van der Waals surface area (Å²) in [4.78, 5) is 58.5. The summed E-state index contributed by atoms with van der Waals surface area (Å²) in [6.07, 6.45) is 12.8. The molecule has 2 bridgehead atoms. The highest BCUT2D eigenvalue weighted by Crippen LogP contribution is 2.42. The van der Waals surface area contributed by atoms with E-state index in [2.05, 4.69) is 33.9 Å². The maximum atomic E-state index is 14.7. The molecule has 0 aromatic carbocycles. The summed E-state index contributed by atoms with van der Waals surface area (Å²) in [6, 6.07) is -1.78. The molecule has 1 amide bonds. The lowest BCUT2D eigenvalue weighted by Crippen LogP contribution is -2.61. The third-order valence-corrected chi connectivity index (χ3v) is 21.4. The smallest absolute Gasteiger partial charge is 0.329 e. The number of aliphatic hydroxyl groups is 2. The minimum atomic E-state index is -2.42. The SMILES string of the molecule is CO[C@H]1C[C@@H]2CC[C@@H](C)[C@@](O)(O2)C(=O)C(=O)N2CCCC[C@H]2C(=O)O[C@H]([C@H](N)C[C@@H]2CCC(O[Si](C)(C)C(C)(C)C)[C@H](OC)C2)C[C@@H](OC)[C@H](C)/C=C(\C)[C@@H](OC)[C@@H](O)C(=O)[C@H](C)C[C@H](C)/C=C/C=C/C=C/1C. The van der Waals surface area contributed by atoms with E-state index >= 15 is 0 Å². The molecule has 4 rings (SSSR count). The number of carbonyl (C=O) groups is 4. The molecule has 1 saturated carbocycles. The highest BCUT2D eigenvalue weighted by Gasteiger charge is 2.53. The molecule has 4 aliphatic rings. The van der Waals surface area contributed by atoms with Crippen LogP contribution in [0.3, 0.4) is 0 Å². The maximum Gasteiger partial charge on any atom is 0.329 e. The number of hydrogen-bond donors (Lipinski definition) is 3. The van der Waals surface area contributed by atoms with Crippen LogP contribution in [-0.4, -0.2) is 149 Å². The molecule has 416 valence electrons. The first-order chi connectivity index (χ1) is 34.2. The standard InChI is InChI=1S/C57H96N2O13Si/c1-35-21-17-16-18-22-36(2)46(66-10)33-42-26-24-40(6)57(65,71-42)53(62)54(63)59-28-20-19-23-44(59)55(64)70-48(34-47(67-11)37(3)30-39(5)52(69-13)51(61)50(60)38(4)29-35)43(58)31-41-25-27-45(49(32-41)68-12)72-73(14,15)56(7,8)9/h16-18,21-22,30,35,37-38,40-49,51-52,61,65H,19-20,23-29,31-34,58H2,1-15H3/b18-16+,21-17+,36-22+,39-30+/t35-,37-,38-,40-,41+,42+,43-,44+,45?,46+,47-,48+,49-,51+,52-,57-/m1/s1. The number of methoxy groups -OCH3 is 4. The van der Waals surface area contributed by atoms with Gasteiger partial charge < -0.3 is 53.7 Å². The Bertz CT molecular complexity index is 1950. The number of hydrogen-bond acceptors (Lipinski definition) is 14. The Balaban J connectivity index is 1.72. The Morgan fingerprint density at radius 2 is 1.51 bits per heavy atom. The van der Waals surface area contributed by atoms with Crippen molar-refractivity contribution in [1.82, 2.24) is 4.90 Å². The molecule has 3 heterocycles. The van der Waals surface area contributed by atoms with Gasteiger partial charge in [0.25, 0.3) is 11.7 Å². The number of ketones is 2. The van der Waals surface area contributed by atoms with Crippen molar-refractivity contribution in [2.75, 3.05) is 35.0 Å². The summed E-state index contributed by atoms with van der Waals surface area (Å²) in [6.45, 7) is 22.5. The number of Topliss-reactive ketones (excluding diaryl/α,β-unsaturated/α-hetero) is 2. The normalized spacial score (nSPS) is 38.8. The van der Waals surface area contributed by atoms with E-state index in [1.807, 2.05) is 71.1 Å². The molecule has 3 fully saturated rings. The first-order valence-electron chi connectivity index (χ1n) is 27.2. The van der Waals surface area contributed by atoms with Gasteiger partial charge in [-0.15, -0.1) is 0 Å². The van der Waals surface area contributed by atoms with Crippen molar-refractivity contribution >= 4 is 31.8 Å². The third kappa shape index (κ3) is 16.6. The second-order valence-corrected chi connectivity index (χ2v) is 28.3. The zero-order valence-corrected chi connectivity index (χ0v) is 48.2. The fraction of sp³-hybridized carbons (Fsp3) is 0.789. The number of esters is 1. The van der Waals surface area contributed by atoms with Crippen molar-refractivity contribution in [1.29, 1.82) is 0 Å². The first kappa shape index (κ1) is 62.6. The van der Waals surface area contributed by atoms with Crippen LogP contribution in [-0.2, 0) is 52.0 Å². The van der Waals surface area contributed by atoms with E-state index in [1.165, 1.54) is 12.0 Å². The van der Waals surface area contributed by atoms with Crippen molar-refractivity contribution in [2.24, 2.45) is 35.3 Å². The van der Waals surface area contributed by atoms with Gasteiger partial charge in [0.05, 0.1) is 30.5 Å². The van der Waals surface area contributed by atoms with Gasteiger partial charge in [0.2, 0.25) is 5.79 Å². The Labute approximate surface area is 439 Å². The van der Waals surface area contributed by atoms with E-state index in [0.29, 0.717) is 56.9 Å². The second kappa shape index (κ2) is 27.9. The number of nitrogens with zero attached hydrogens (tertiary/aromatic N) is 1. The number of carbonyl (C=O) groups excluding carboxylic acids is 4. The summed E-state index contributed by atoms with van der Waals surface area (Å²) in [5.41, 5.74) is 8.71. The summed E-state index contributed by atoms with van der Waals surface area (Å²) >= 11 is 0. The molecule has 0 aromatic heterocycles. The zero-order chi connectivity index (χ0) is 54.6. The summed E-state index contributed by atoms with van der Waals surface area (Å²) in [7, 11) is 4.27. The topological polar surface area (TPSA) is 203 Å². The second-order valence-electron chi connectivity index (χ2n) is 23.5. The molecular weight excluding hydrogens is 949 g/mol. The number of cyclic esters (lactones) is 1. The van der Waals surface area contributed by atoms with E-state index in [0.717, 1.165) is 18.4 Å². The fourth-order valence-corrected chi connectivity index (χ4v) is 12.5. The highest BCUT2D eigenvalue weighted by molar-refractivity contribution is 6.74. The highest BCUT2D eigenvalue weighted by atomic mass is 28.4. The Morgan fingerprint density at radius 1 is 0.822 bits per heavy atom. The lowest BCUT2D eigenvalue weighted by Gasteiger charge is -2.44. The van der Waals surface area contributed by atoms with E-state index in [-0.39, 0.29) is 60.2 Å². The molecule has 1 unspecified atom stereocenters. The van der Waals surface area contributed by atoms with E-state index in [1.54, 1.807) is 28.3 Å². The van der Waals surface area contributed by atoms with Crippen LogP contribution in [0.4, 0.5) is 0 Å². The van der Waals surface area contributed by atoms with Gasteiger partial charge in [0.15, 0.2) is 14.1 Å². The number of allylic oxidation sites excluding steroid dienone is 5. The van der Waals surface area contributed by atoms with E-state index < -0.39 is 92.3 Å². The van der Waals surface area contributed by atoms with E-state index in [4.69, 9.17) is 38.6 Å². The third-order valence-electron chi connectivity index (χ3n) is 16.9. The molecule has 2 saturated heterocycles. The molecule has 3 aliphatic heterocycles. The molecule has 0 spiro atoms. The average Bonchev–Trinajstić information content (AvgIpc) is 3.34. The number of aliphatic hydroxyl groups excluding tert-OH is 1. The number of piperidine rings is 1. The van der Waals surface area contributed by atoms with Crippen LogP contribution in [0.15, 0.2) is 47.6 Å². The van der Waals surface area contributed by atoms with Crippen molar-refractivity contribution < 1.29 is 62.2 Å². The predicted octanol–water partition coefficient (Wildman–Crippen LogP) is 8.35. The van der Waals surface area contributed by atoms with Crippen LogP contribution in [0.2, 0.25) is 18.1 Å². The molecule has 16 heteroatoms. The largest absolute Gasteiger partial charge is 0.459 e. The van der Waals surface area contributed by atoms with Gasteiger partial charge in [0.1, 0.15) is 24.4 Å². The Morgan fingerprint density at radius 3 is 2.14 bits per heavy atom. The van der Waals surface area contributed by atoms with Gasteiger partial charge in [-0.3, -0.25) is 14.4 Å². The molecule has 16 atom stereocenters. The zero-order valence-electron chi connectivity index (χ0n) is 47.2. The van der Waals surface area contributed by atoms with Crippen LogP contribution in [0, 0.1) is 29.6 Å². The van der Waals surface area contributed by atoms with Gasteiger partial charge in [0, 0.05) is 71.6 Å². The summed E-state index contributed by atoms with van der Waals surface area (Å²) in [5.74, 6) is -6.89. The summed E-state index contributed by atoms with van der Waals surface area (Å²) in [5, 5.41) is 23.6. The molecule has 0 radical (unpaired) electrons. The molecular formula is C57H96N2O13Si. The fourth-order valence-electron chi connectivity index (χ4n) is 11.1. The predicted molar refractivity (Wildman–Crippen MR) is 286 cm³/mol. The maximum absolute atomic E-state index is 14.7. The number of ether oxygens (including phenoxy) is 6. The number of fused-ring (bicyclic) bond motifs is 3. The number of rotatable bonds is 9. The lowest BCUT2D eigenvalue weighted by atomic mass is 9.80. The lowest BCUT2D eigenvalue weighted by molar-refractivity contribution is -0.265. The summed E-state index contributed by atoms with van der Waals surface area (Å²) < 4.78 is 43.4. The molecule has 15 nitrogen and oxygen atoms in total.